The molecule has 1 amide bonds. The lowest BCUT2D eigenvalue weighted by Gasteiger charge is -2.47. The van der Waals surface area contributed by atoms with Crippen LogP contribution >= 0.6 is 12.4 Å². The first-order valence-electron chi connectivity index (χ1n) is 7.36. The zero-order valence-corrected chi connectivity index (χ0v) is 12.9. The van der Waals surface area contributed by atoms with E-state index in [-0.39, 0.29) is 12.4 Å². The second-order valence-electron chi connectivity index (χ2n) is 5.69. The first kappa shape index (κ1) is 15.3. The fourth-order valence-corrected chi connectivity index (χ4v) is 3.09. The number of hydrogen-bond acceptors (Lipinski definition) is 2. The lowest BCUT2D eigenvalue weighted by molar-refractivity contribution is -0.139. The number of carbonyl (C=O) groups excluding carboxylic acids is 1. The van der Waals surface area contributed by atoms with E-state index >= 15 is 0 Å². The maximum atomic E-state index is 11.8. The fourth-order valence-electron chi connectivity index (χ4n) is 3.09. The second-order valence-corrected chi connectivity index (χ2v) is 5.69. The molecular formula is C16H23ClN2O. The monoisotopic (exact) mass is 294 g/mol. The number of carbonyl (C=O) groups is 1. The number of benzene rings is 1. The third-order valence-electron chi connectivity index (χ3n) is 4.36. The van der Waals surface area contributed by atoms with Crippen LogP contribution in [0.2, 0.25) is 0 Å². The molecule has 110 valence electrons. The summed E-state index contributed by atoms with van der Waals surface area (Å²) in [6.45, 7) is 6.12. The van der Waals surface area contributed by atoms with Crippen LogP contribution in [0.25, 0.3) is 0 Å². The van der Waals surface area contributed by atoms with Gasteiger partial charge < -0.3 is 4.90 Å². The van der Waals surface area contributed by atoms with Crippen molar-refractivity contribution in [2.45, 2.75) is 38.8 Å². The van der Waals surface area contributed by atoms with Crippen LogP contribution in [-0.2, 0) is 17.8 Å². The summed E-state index contributed by atoms with van der Waals surface area (Å²) in [5.41, 5.74) is 2.96. The van der Waals surface area contributed by atoms with Crippen molar-refractivity contribution >= 4 is 18.3 Å². The lowest BCUT2D eigenvalue weighted by Crippen LogP contribution is -2.61. The van der Waals surface area contributed by atoms with Gasteiger partial charge in [0.2, 0.25) is 5.91 Å². The molecule has 0 bridgehead atoms. The molecule has 3 nitrogen and oxygen atoms in total. The van der Waals surface area contributed by atoms with Gasteiger partial charge in [-0.2, -0.15) is 0 Å². The highest BCUT2D eigenvalue weighted by Gasteiger charge is 2.35. The topological polar surface area (TPSA) is 23.6 Å². The second kappa shape index (κ2) is 6.59. The van der Waals surface area contributed by atoms with Gasteiger partial charge in [0.25, 0.3) is 0 Å². The van der Waals surface area contributed by atoms with Gasteiger partial charge in [0.05, 0.1) is 0 Å². The molecule has 1 aromatic rings. The molecule has 0 radical (unpaired) electrons. The summed E-state index contributed by atoms with van der Waals surface area (Å²) >= 11 is 0. The van der Waals surface area contributed by atoms with E-state index in [2.05, 4.69) is 36.1 Å². The molecule has 2 aliphatic rings. The van der Waals surface area contributed by atoms with Crippen LogP contribution in [0.1, 0.15) is 30.9 Å². The molecule has 0 unspecified atom stereocenters. The Balaban J connectivity index is 0.00000147. The molecule has 0 aliphatic carbocycles. The minimum Gasteiger partial charge on any atom is -0.339 e. The highest BCUT2D eigenvalue weighted by atomic mass is 35.5. The number of nitrogens with zero attached hydrogens (tertiary/aromatic N) is 2. The number of likely N-dealkylation sites (tertiary alicyclic amines) is 1. The van der Waals surface area contributed by atoms with Crippen LogP contribution < -0.4 is 0 Å². The van der Waals surface area contributed by atoms with Crippen molar-refractivity contribution in [3.8, 4) is 0 Å². The van der Waals surface area contributed by atoms with Gasteiger partial charge in [0.1, 0.15) is 0 Å². The molecular weight excluding hydrogens is 272 g/mol. The van der Waals surface area contributed by atoms with Gasteiger partial charge >= 0.3 is 0 Å². The number of hydrogen-bond donors (Lipinski definition) is 0. The van der Waals surface area contributed by atoms with E-state index in [0.717, 1.165) is 39.0 Å². The third kappa shape index (κ3) is 2.99. The first-order valence-corrected chi connectivity index (χ1v) is 7.36. The molecule has 0 aromatic heterocycles. The molecule has 1 fully saturated rings. The summed E-state index contributed by atoms with van der Waals surface area (Å²) in [7, 11) is 0. The van der Waals surface area contributed by atoms with Gasteiger partial charge in [0, 0.05) is 38.6 Å². The van der Waals surface area contributed by atoms with E-state index < -0.39 is 0 Å². The smallest absolute Gasteiger partial charge is 0.222 e. The van der Waals surface area contributed by atoms with E-state index in [1.807, 2.05) is 4.90 Å². The van der Waals surface area contributed by atoms with Crippen molar-refractivity contribution in [3.05, 3.63) is 35.4 Å². The molecule has 2 heterocycles. The summed E-state index contributed by atoms with van der Waals surface area (Å²) in [5.74, 6) is 0.330. The van der Waals surface area contributed by atoms with Gasteiger partial charge in [-0.15, -0.1) is 12.4 Å². The van der Waals surface area contributed by atoms with Crippen molar-refractivity contribution in [1.82, 2.24) is 9.80 Å². The Labute approximate surface area is 127 Å². The minimum absolute atomic E-state index is 0. The lowest BCUT2D eigenvalue weighted by atomic mass is 9.96. The summed E-state index contributed by atoms with van der Waals surface area (Å²) in [6.07, 6.45) is 2.81. The molecule has 20 heavy (non-hydrogen) atoms. The molecule has 0 spiro atoms. The SMILES string of the molecule is CCCC(=O)N1CC(N2CCc3ccccc3C2)C1.Cl. The van der Waals surface area contributed by atoms with E-state index in [0.29, 0.717) is 18.4 Å². The van der Waals surface area contributed by atoms with Gasteiger partial charge in [-0.3, -0.25) is 9.69 Å². The van der Waals surface area contributed by atoms with Gasteiger partial charge in [0.15, 0.2) is 0 Å². The predicted molar refractivity (Wildman–Crippen MR) is 83.1 cm³/mol. The van der Waals surface area contributed by atoms with Crippen molar-refractivity contribution < 1.29 is 4.79 Å². The minimum atomic E-state index is 0. The maximum absolute atomic E-state index is 11.8. The molecule has 3 rings (SSSR count). The van der Waals surface area contributed by atoms with E-state index in [1.165, 1.54) is 11.1 Å². The Morgan fingerprint density at radius 1 is 1.25 bits per heavy atom. The molecule has 0 saturated carbocycles. The summed E-state index contributed by atoms with van der Waals surface area (Å²) < 4.78 is 0. The molecule has 2 aliphatic heterocycles. The summed E-state index contributed by atoms with van der Waals surface area (Å²) in [6, 6.07) is 9.31. The van der Waals surface area contributed by atoms with Crippen LogP contribution in [-0.4, -0.2) is 41.4 Å². The van der Waals surface area contributed by atoms with Crippen LogP contribution in [0.3, 0.4) is 0 Å². The van der Waals surface area contributed by atoms with Gasteiger partial charge in [-0.05, 0) is 24.0 Å². The van der Waals surface area contributed by atoms with Gasteiger partial charge in [-0.25, -0.2) is 0 Å². The number of halogens is 1. The van der Waals surface area contributed by atoms with Crippen molar-refractivity contribution in [1.29, 1.82) is 0 Å². The third-order valence-corrected chi connectivity index (χ3v) is 4.36. The van der Waals surface area contributed by atoms with Crippen LogP contribution in [0, 0.1) is 0 Å². The number of amides is 1. The zero-order chi connectivity index (χ0) is 13.2. The predicted octanol–water partition coefficient (Wildman–Crippen LogP) is 2.48. The molecule has 1 saturated heterocycles. The summed E-state index contributed by atoms with van der Waals surface area (Å²) in [4.78, 5) is 16.3. The molecule has 0 N–H and O–H groups in total. The maximum Gasteiger partial charge on any atom is 0.222 e. The van der Waals surface area contributed by atoms with Crippen LogP contribution in [0.4, 0.5) is 0 Å². The van der Waals surface area contributed by atoms with Crippen molar-refractivity contribution in [3.63, 3.8) is 0 Å². The van der Waals surface area contributed by atoms with E-state index in [1.54, 1.807) is 0 Å². The van der Waals surface area contributed by atoms with Crippen LogP contribution in [0.15, 0.2) is 24.3 Å². The van der Waals surface area contributed by atoms with E-state index in [4.69, 9.17) is 0 Å². The van der Waals surface area contributed by atoms with Gasteiger partial charge in [-0.1, -0.05) is 31.2 Å². The molecule has 1 aromatic carbocycles. The Kier molecular flexibility index (Phi) is 5.06. The van der Waals surface area contributed by atoms with E-state index in [9.17, 15) is 4.79 Å². The quantitative estimate of drug-likeness (QED) is 0.855. The Morgan fingerprint density at radius 2 is 1.95 bits per heavy atom. The highest BCUT2D eigenvalue weighted by Crippen LogP contribution is 2.24. The van der Waals surface area contributed by atoms with Crippen LogP contribution in [0.5, 0.6) is 0 Å². The summed E-state index contributed by atoms with van der Waals surface area (Å²) in [5, 5.41) is 0. The van der Waals surface area contributed by atoms with Crippen molar-refractivity contribution in [2.75, 3.05) is 19.6 Å². The highest BCUT2D eigenvalue weighted by molar-refractivity contribution is 5.85. The Bertz CT molecular complexity index is 471. The molecule has 4 heteroatoms. The van der Waals surface area contributed by atoms with Crippen molar-refractivity contribution in [2.24, 2.45) is 0 Å². The molecule has 0 atom stereocenters. The fraction of sp³-hybridized carbons (Fsp3) is 0.562. The zero-order valence-electron chi connectivity index (χ0n) is 12.0. The average Bonchev–Trinajstić information content (AvgIpc) is 2.37. The normalized spacial score (nSPS) is 18.9. The number of fused-ring (bicyclic) bond motifs is 1. The first-order chi connectivity index (χ1) is 9.28. The standard InChI is InChI=1S/C16H22N2O.ClH/c1-2-5-16(19)18-11-15(12-18)17-9-8-13-6-3-4-7-14(13)10-17;/h3-4,6-7,15H,2,5,8-12H2,1H3;1H. The largest absolute Gasteiger partial charge is 0.339 e. The number of rotatable bonds is 3. The average molecular weight is 295 g/mol. The Morgan fingerprint density at radius 3 is 2.65 bits per heavy atom. The Hall–Kier alpha value is -1.06.